The molecule has 0 radical (unpaired) electrons. The minimum absolute atomic E-state index is 0.0438. The van der Waals surface area contributed by atoms with E-state index in [2.05, 4.69) is 10.6 Å². The number of ether oxygens (including phenoxy) is 2. The van der Waals surface area contributed by atoms with Crippen molar-refractivity contribution in [1.29, 1.82) is 0 Å². The number of hydrogen-bond donors (Lipinski definition) is 3. The largest absolute Gasteiger partial charge is 0.382 e. The van der Waals surface area contributed by atoms with Crippen LogP contribution in [0.4, 0.5) is 0 Å². The minimum atomic E-state index is -0.586. The maximum Gasteiger partial charge on any atom is 0.239 e. The minimum Gasteiger partial charge on any atom is -0.382 e. The first-order valence-electron chi connectivity index (χ1n) is 6.85. The predicted molar refractivity (Wildman–Crippen MR) is 76.1 cm³/mol. The van der Waals surface area contributed by atoms with Gasteiger partial charge in [0.05, 0.1) is 25.8 Å². The van der Waals surface area contributed by atoms with E-state index in [1.165, 1.54) is 0 Å². The lowest BCUT2D eigenvalue weighted by molar-refractivity contribution is -0.127. The monoisotopic (exact) mass is 289 g/mol. The second kappa shape index (κ2) is 11.6. The Hall–Kier alpha value is -1.18. The zero-order chi connectivity index (χ0) is 15.4. The molecule has 0 saturated carbocycles. The first-order valence-corrected chi connectivity index (χ1v) is 6.85. The highest BCUT2D eigenvalue weighted by atomic mass is 16.5. The molecule has 7 heteroatoms. The summed E-state index contributed by atoms with van der Waals surface area (Å²) in [6.45, 7) is 5.85. The first kappa shape index (κ1) is 18.8. The van der Waals surface area contributed by atoms with Gasteiger partial charge in [0.1, 0.15) is 0 Å². The molecule has 0 saturated heterocycles. The summed E-state index contributed by atoms with van der Waals surface area (Å²) in [5, 5.41) is 5.20. The fourth-order valence-electron chi connectivity index (χ4n) is 1.30. The van der Waals surface area contributed by atoms with Crippen LogP contribution in [0.15, 0.2) is 0 Å². The van der Waals surface area contributed by atoms with E-state index in [0.717, 1.165) is 6.42 Å². The molecule has 0 heterocycles. The summed E-state index contributed by atoms with van der Waals surface area (Å²) in [6, 6.07) is -0.586. The molecule has 20 heavy (non-hydrogen) atoms. The molecule has 7 nitrogen and oxygen atoms in total. The number of carbonyl (C=O) groups excluding carboxylic acids is 2. The third-order valence-corrected chi connectivity index (χ3v) is 2.66. The average Bonchev–Trinajstić information content (AvgIpc) is 2.42. The average molecular weight is 289 g/mol. The number of methoxy groups -OCH3 is 1. The van der Waals surface area contributed by atoms with Crippen molar-refractivity contribution in [1.82, 2.24) is 10.6 Å². The molecule has 1 atom stereocenters. The maximum atomic E-state index is 11.5. The van der Waals surface area contributed by atoms with Gasteiger partial charge < -0.3 is 25.8 Å². The molecule has 118 valence electrons. The van der Waals surface area contributed by atoms with E-state index < -0.39 is 6.04 Å². The Labute approximate surface area is 120 Å². The number of nitrogens with one attached hydrogen (secondary N) is 2. The second-order valence-electron chi connectivity index (χ2n) is 4.80. The Kier molecular flexibility index (Phi) is 10.9. The molecule has 0 aromatic carbocycles. The van der Waals surface area contributed by atoms with E-state index in [4.69, 9.17) is 15.2 Å². The summed E-state index contributed by atoms with van der Waals surface area (Å²) in [7, 11) is 1.61. The van der Waals surface area contributed by atoms with Gasteiger partial charge in [-0.2, -0.15) is 0 Å². The molecule has 4 N–H and O–H groups in total. The summed E-state index contributed by atoms with van der Waals surface area (Å²) in [5.41, 5.74) is 5.66. The molecule has 0 aromatic rings. The zero-order valence-electron chi connectivity index (χ0n) is 12.6. The lowest BCUT2D eigenvalue weighted by Gasteiger charge is -2.15. The highest BCUT2D eigenvalue weighted by Crippen LogP contribution is 1.97. The van der Waals surface area contributed by atoms with Crippen LogP contribution in [0.1, 0.15) is 20.3 Å². The third-order valence-electron chi connectivity index (χ3n) is 2.66. The standard InChI is InChI=1S/C13H27N3O4/c1-10(2)12(14)13(18)16-9-11(17)15-5-4-6-20-8-7-19-3/h10,12H,4-9,14H2,1-3H3,(H,15,17)(H,16,18)/t12-/m0/s1. The summed E-state index contributed by atoms with van der Waals surface area (Å²) in [6.07, 6.45) is 0.717. The predicted octanol–water partition coefficient (Wildman–Crippen LogP) is -0.745. The highest BCUT2D eigenvalue weighted by molar-refractivity contribution is 5.87. The van der Waals surface area contributed by atoms with Crippen LogP contribution in [0.5, 0.6) is 0 Å². The van der Waals surface area contributed by atoms with Crippen LogP contribution < -0.4 is 16.4 Å². The smallest absolute Gasteiger partial charge is 0.239 e. The van der Waals surface area contributed by atoms with E-state index in [9.17, 15) is 9.59 Å². The molecule has 0 bridgehead atoms. The Balaban J connectivity index is 3.52. The first-order chi connectivity index (χ1) is 9.49. The van der Waals surface area contributed by atoms with E-state index in [1.54, 1.807) is 7.11 Å². The van der Waals surface area contributed by atoms with E-state index in [0.29, 0.717) is 26.4 Å². The van der Waals surface area contributed by atoms with Crippen molar-refractivity contribution in [3.63, 3.8) is 0 Å². The van der Waals surface area contributed by atoms with E-state index in [-0.39, 0.29) is 24.3 Å². The van der Waals surface area contributed by atoms with Crippen LogP contribution in [0, 0.1) is 5.92 Å². The Bertz CT molecular complexity index is 285. The van der Waals surface area contributed by atoms with Crippen molar-refractivity contribution in [3.8, 4) is 0 Å². The van der Waals surface area contributed by atoms with Crippen molar-refractivity contribution in [2.45, 2.75) is 26.3 Å². The fourth-order valence-corrected chi connectivity index (χ4v) is 1.30. The van der Waals surface area contributed by atoms with Gasteiger partial charge in [0.15, 0.2) is 0 Å². The van der Waals surface area contributed by atoms with Gasteiger partial charge in [-0.3, -0.25) is 9.59 Å². The summed E-state index contributed by atoms with van der Waals surface area (Å²) < 4.78 is 10.1. The van der Waals surface area contributed by atoms with Crippen LogP contribution in [0.3, 0.4) is 0 Å². The van der Waals surface area contributed by atoms with Crippen molar-refractivity contribution in [2.24, 2.45) is 11.7 Å². The molecule has 0 fully saturated rings. The van der Waals surface area contributed by atoms with Gasteiger partial charge in [-0.15, -0.1) is 0 Å². The molecular weight excluding hydrogens is 262 g/mol. The topological polar surface area (TPSA) is 103 Å². The molecule has 0 aliphatic heterocycles. The number of carbonyl (C=O) groups is 2. The Morgan fingerprint density at radius 1 is 1.15 bits per heavy atom. The highest BCUT2D eigenvalue weighted by Gasteiger charge is 2.17. The van der Waals surface area contributed by atoms with Gasteiger partial charge in [-0.1, -0.05) is 13.8 Å². The van der Waals surface area contributed by atoms with Crippen LogP contribution in [-0.2, 0) is 19.1 Å². The Morgan fingerprint density at radius 3 is 2.45 bits per heavy atom. The summed E-state index contributed by atoms with van der Waals surface area (Å²) in [5.74, 6) is -0.494. The number of amides is 2. The fraction of sp³-hybridized carbons (Fsp3) is 0.846. The molecule has 0 rings (SSSR count). The molecular formula is C13H27N3O4. The lowest BCUT2D eigenvalue weighted by atomic mass is 10.1. The SMILES string of the molecule is COCCOCCCNC(=O)CNC(=O)[C@@H](N)C(C)C. The van der Waals surface area contributed by atoms with Gasteiger partial charge >= 0.3 is 0 Å². The summed E-state index contributed by atoms with van der Waals surface area (Å²) in [4.78, 5) is 23.0. The van der Waals surface area contributed by atoms with Crippen molar-refractivity contribution in [2.75, 3.05) is 40.0 Å². The normalized spacial score (nSPS) is 12.2. The van der Waals surface area contributed by atoms with Gasteiger partial charge in [0, 0.05) is 20.3 Å². The second-order valence-corrected chi connectivity index (χ2v) is 4.80. The van der Waals surface area contributed by atoms with Gasteiger partial charge in [-0.25, -0.2) is 0 Å². The van der Waals surface area contributed by atoms with E-state index >= 15 is 0 Å². The number of nitrogens with two attached hydrogens (primary N) is 1. The van der Waals surface area contributed by atoms with Crippen LogP contribution in [0.2, 0.25) is 0 Å². The zero-order valence-corrected chi connectivity index (χ0v) is 12.6. The van der Waals surface area contributed by atoms with Crippen LogP contribution in [0.25, 0.3) is 0 Å². The van der Waals surface area contributed by atoms with Crippen molar-refractivity contribution >= 4 is 11.8 Å². The molecule has 0 aromatic heterocycles. The molecule has 0 spiro atoms. The molecule has 0 aliphatic carbocycles. The van der Waals surface area contributed by atoms with Crippen LogP contribution in [-0.4, -0.2) is 57.9 Å². The molecule has 0 aliphatic rings. The van der Waals surface area contributed by atoms with Crippen molar-refractivity contribution in [3.05, 3.63) is 0 Å². The number of hydrogen-bond acceptors (Lipinski definition) is 5. The van der Waals surface area contributed by atoms with Gasteiger partial charge in [0.25, 0.3) is 0 Å². The quantitative estimate of drug-likeness (QED) is 0.435. The number of rotatable bonds is 11. The lowest BCUT2D eigenvalue weighted by Crippen LogP contribution is -2.47. The maximum absolute atomic E-state index is 11.5. The summed E-state index contributed by atoms with van der Waals surface area (Å²) >= 11 is 0. The van der Waals surface area contributed by atoms with Crippen LogP contribution >= 0.6 is 0 Å². The molecule has 0 unspecified atom stereocenters. The Morgan fingerprint density at radius 2 is 1.85 bits per heavy atom. The third kappa shape index (κ3) is 9.71. The van der Waals surface area contributed by atoms with Gasteiger partial charge in [0.2, 0.25) is 11.8 Å². The molecule has 2 amide bonds. The van der Waals surface area contributed by atoms with Gasteiger partial charge in [-0.05, 0) is 12.3 Å². The van der Waals surface area contributed by atoms with Crippen molar-refractivity contribution < 1.29 is 19.1 Å². The van der Waals surface area contributed by atoms with E-state index in [1.807, 2.05) is 13.8 Å².